The number of ether oxygens (including phenoxy) is 1. The number of nitrogens with one attached hydrogen (secondary N) is 2. The van der Waals surface area contributed by atoms with E-state index in [9.17, 15) is 23.1 Å². The second kappa shape index (κ2) is 10.3. The predicted molar refractivity (Wildman–Crippen MR) is 138 cm³/mol. The Morgan fingerprint density at radius 1 is 1.26 bits per heavy atom. The molecule has 0 radical (unpaired) electrons. The summed E-state index contributed by atoms with van der Waals surface area (Å²) in [6.07, 6.45) is 2.37. The topological polar surface area (TPSA) is 117 Å². The lowest BCUT2D eigenvalue weighted by Crippen LogP contribution is -2.37. The number of carbonyl (C=O) groups excluding carboxylic acids is 1. The summed E-state index contributed by atoms with van der Waals surface area (Å²) in [5.74, 6) is -3.60. The second-order valence-electron chi connectivity index (χ2n) is 10.3. The Balaban J connectivity index is 1.52. The van der Waals surface area contributed by atoms with Crippen LogP contribution >= 0.6 is 0 Å². The van der Waals surface area contributed by atoms with Crippen molar-refractivity contribution in [3.63, 3.8) is 0 Å². The number of hydrogen-bond donors (Lipinski definition) is 4. The van der Waals surface area contributed by atoms with E-state index >= 15 is 0 Å². The maximum atomic E-state index is 15.0. The highest BCUT2D eigenvalue weighted by Gasteiger charge is 2.41. The summed E-state index contributed by atoms with van der Waals surface area (Å²) in [5, 5.41) is 27.1. The van der Waals surface area contributed by atoms with Gasteiger partial charge in [-0.3, -0.25) is 4.79 Å². The standard InChI is InChI=1S/C28H31F3N4O4/c1-15-34-23-18-8-11-39-24(18)21(27(38)9-6-16(7-10-27)26(37)32-2)12-19(23)25(35-15)33-13-17-4-3-5-20(22(17)29)28(30,31)14-36/h3-5,12,16,36,38H,6-11,13-14H2,1-2H3,(H,32,37)(H,33,34,35)/t16-,27-. The molecular formula is C28H31F3N4O4. The number of aliphatic hydroxyl groups excluding tert-OH is 1. The van der Waals surface area contributed by atoms with Gasteiger partial charge in [-0.1, -0.05) is 12.1 Å². The first-order valence-electron chi connectivity index (χ1n) is 13.0. The summed E-state index contributed by atoms with van der Waals surface area (Å²) in [6.45, 7) is 0.506. The van der Waals surface area contributed by atoms with Crippen molar-refractivity contribution in [3.8, 4) is 5.75 Å². The molecule has 2 aromatic carbocycles. The van der Waals surface area contributed by atoms with E-state index in [0.717, 1.165) is 11.6 Å². The Morgan fingerprint density at radius 3 is 2.69 bits per heavy atom. The number of rotatable bonds is 7. The lowest BCUT2D eigenvalue weighted by atomic mass is 9.74. The van der Waals surface area contributed by atoms with Gasteiger partial charge in [-0.2, -0.15) is 8.78 Å². The summed E-state index contributed by atoms with van der Waals surface area (Å²) in [6, 6.07) is 5.44. The normalized spacial score (nSPS) is 20.9. The van der Waals surface area contributed by atoms with Crippen molar-refractivity contribution < 1.29 is 32.9 Å². The molecule has 0 bridgehead atoms. The Kier molecular flexibility index (Phi) is 7.15. The molecule has 2 aliphatic rings. The van der Waals surface area contributed by atoms with Crippen LogP contribution in [0, 0.1) is 18.7 Å². The molecule has 0 atom stereocenters. The highest BCUT2D eigenvalue weighted by atomic mass is 19.3. The largest absolute Gasteiger partial charge is 0.492 e. The summed E-state index contributed by atoms with van der Waals surface area (Å²) >= 11 is 0. The number of benzene rings is 2. The third-order valence-corrected chi connectivity index (χ3v) is 7.80. The van der Waals surface area contributed by atoms with Crippen molar-refractivity contribution in [3.05, 3.63) is 58.2 Å². The van der Waals surface area contributed by atoms with Gasteiger partial charge in [0.15, 0.2) is 0 Å². The average Bonchev–Trinajstić information content (AvgIpc) is 3.42. The van der Waals surface area contributed by atoms with E-state index in [-0.39, 0.29) is 23.9 Å². The zero-order valence-corrected chi connectivity index (χ0v) is 21.8. The molecule has 5 rings (SSSR count). The van der Waals surface area contributed by atoms with Gasteiger partial charge in [0.1, 0.15) is 29.8 Å². The fourth-order valence-corrected chi connectivity index (χ4v) is 5.65. The van der Waals surface area contributed by atoms with Gasteiger partial charge < -0.3 is 25.6 Å². The first kappa shape index (κ1) is 27.1. The summed E-state index contributed by atoms with van der Waals surface area (Å²) < 4.78 is 49.0. The lowest BCUT2D eigenvalue weighted by Gasteiger charge is -2.36. The third-order valence-electron chi connectivity index (χ3n) is 7.80. The van der Waals surface area contributed by atoms with Gasteiger partial charge in [0.2, 0.25) is 5.91 Å². The number of amides is 1. The van der Waals surface area contributed by atoms with E-state index in [1.54, 1.807) is 20.0 Å². The second-order valence-corrected chi connectivity index (χ2v) is 10.3. The van der Waals surface area contributed by atoms with Gasteiger partial charge in [-0.05, 0) is 44.7 Å². The van der Waals surface area contributed by atoms with E-state index in [4.69, 9.17) is 9.84 Å². The predicted octanol–water partition coefficient (Wildman–Crippen LogP) is 3.83. The molecule has 1 aromatic heterocycles. The fourth-order valence-electron chi connectivity index (χ4n) is 5.65. The van der Waals surface area contributed by atoms with Gasteiger partial charge in [0.25, 0.3) is 5.92 Å². The lowest BCUT2D eigenvalue weighted by molar-refractivity contribution is -0.127. The number of aliphatic hydroxyl groups is 2. The van der Waals surface area contributed by atoms with Crippen LogP contribution in [-0.2, 0) is 29.3 Å². The molecule has 4 N–H and O–H groups in total. The number of anilines is 1. The Morgan fingerprint density at radius 2 is 2.00 bits per heavy atom. The smallest absolute Gasteiger partial charge is 0.298 e. The van der Waals surface area contributed by atoms with Crippen molar-refractivity contribution in [1.29, 1.82) is 0 Å². The molecule has 11 heteroatoms. The first-order chi connectivity index (χ1) is 18.6. The average molecular weight is 545 g/mol. The van der Waals surface area contributed by atoms with Crippen molar-refractivity contribution in [2.75, 3.05) is 25.6 Å². The number of aromatic nitrogens is 2. The van der Waals surface area contributed by atoms with Crippen molar-refractivity contribution in [2.24, 2.45) is 5.92 Å². The quantitative estimate of drug-likeness (QED) is 0.357. The Labute approximate surface area is 223 Å². The van der Waals surface area contributed by atoms with Crippen LogP contribution in [0.25, 0.3) is 10.9 Å². The number of alkyl halides is 2. The molecule has 2 heterocycles. The molecule has 1 amide bonds. The van der Waals surface area contributed by atoms with Crippen LogP contribution in [0.1, 0.15) is 53.8 Å². The Hall–Kier alpha value is -3.44. The van der Waals surface area contributed by atoms with Crippen LogP contribution < -0.4 is 15.4 Å². The van der Waals surface area contributed by atoms with Crippen molar-refractivity contribution in [2.45, 2.75) is 57.1 Å². The molecule has 1 aliphatic heterocycles. The molecule has 1 saturated carbocycles. The zero-order valence-electron chi connectivity index (χ0n) is 21.8. The van der Waals surface area contributed by atoms with Crippen molar-refractivity contribution in [1.82, 2.24) is 15.3 Å². The Bertz CT molecular complexity index is 1420. The van der Waals surface area contributed by atoms with Crippen LogP contribution in [0.4, 0.5) is 19.0 Å². The molecule has 39 heavy (non-hydrogen) atoms. The number of aryl methyl sites for hydroxylation is 1. The SMILES string of the molecule is CNC(=O)[C@H]1CC[C@@](O)(c2cc3c(NCc4cccc(C(F)(F)CO)c4F)nc(C)nc3c3c2OCC3)CC1. The van der Waals surface area contributed by atoms with Crippen LogP contribution in [0.3, 0.4) is 0 Å². The first-order valence-corrected chi connectivity index (χ1v) is 13.0. The van der Waals surface area contributed by atoms with E-state index < -0.39 is 29.5 Å². The maximum Gasteiger partial charge on any atom is 0.298 e. The van der Waals surface area contributed by atoms with E-state index in [2.05, 4.69) is 20.6 Å². The maximum absolute atomic E-state index is 15.0. The molecule has 1 aliphatic carbocycles. The van der Waals surface area contributed by atoms with Gasteiger partial charge in [-0.25, -0.2) is 14.4 Å². The summed E-state index contributed by atoms with van der Waals surface area (Å²) in [7, 11) is 1.60. The van der Waals surface area contributed by atoms with Crippen molar-refractivity contribution >= 4 is 22.6 Å². The van der Waals surface area contributed by atoms with Gasteiger partial charge in [0.05, 0.1) is 23.3 Å². The highest BCUT2D eigenvalue weighted by Crippen LogP contribution is 2.48. The number of fused-ring (bicyclic) bond motifs is 3. The van der Waals surface area contributed by atoms with Gasteiger partial charge in [-0.15, -0.1) is 0 Å². The van der Waals surface area contributed by atoms with Gasteiger partial charge >= 0.3 is 0 Å². The summed E-state index contributed by atoms with van der Waals surface area (Å²) in [4.78, 5) is 21.3. The van der Waals surface area contributed by atoms with Crippen LogP contribution in [0.2, 0.25) is 0 Å². The third kappa shape index (κ3) is 4.89. The summed E-state index contributed by atoms with van der Waals surface area (Å²) in [5.41, 5.74) is -0.0190. The monoisotopic (exact) mass is 544 g/mol. The molecular weight excluding hydrogens is 513 g/mol. The van der Waals surface area contributed by atoms with Gasteiger partial charge in [0, 0.05) is 48.0 Å². The van der Waals surface area contributed by atoms with E-state index in [1.165, 1.54) is 12.1 Å². The molecule has 208 valence electrons. The molecule has 3 aromatic rings. The number of hydrogen-bond acceptors (Lipinski definition) is 7. The van der Waals surface area contributed by atoms with E-state index in [0.29, 0.717) is 72.6 Å². The molecule has 0 spiro atoms. The number of carbonyl (C=O) groups is 1. The molecule has 0 unspecified atom stereocenters. The molecule has 1 fully saturated rings. The van der Waals surface area contributed by atoms with Crippen LogP contribution in [0.15, 0.2) is 24.3 Å². The molecule has 8 nitrogen and oxygen atoms in total. The molecule has 0 saturated heterocycles. The number of nitrogens with zero attached hydrogens (tertiary/aromatic N) is 2. The van der Waals surface area contributed by atoms with Crippen LogP contribution in [0.5, 0.6) is 5.75 Å². The highest BCUT2D eigenvalue weighted by molar-refractivity contribution is 5.94. The minimum Gasteiger partial charge on any atom is -0.492 e. The number of halogens is 3. The van der Waals surface area contributed by atoms with Crippen LogP contribution in [-0.4, -0.2) is 46.3 Å². The van der Waals surface area contributed by atoms with E-state index in [1.807, 2.05) is 0 Å². The minimum absolute atomic E-state index is 0.0130. The zero-order chi connectivity index (χ0) is 27.9. The fraction of sp³-hybridized carbons (Fsp3) is 0.464. The minimum atomic E-state index is -3.71.